The number of amides is 1. The van der Waals surface area contributed by atoms with Crippen molar-refractivity contribution in [1.29, 1.82) is 0 Å². The average molecular weight is 265 g/mol. The number of hydrogen-bond donors (Lipinski definition) is 1. The molecule has 1 fully saturated rings. The van der Waals surface area contributed by atoms with Gasteiger partial charge in [-0.25, -0.2) is 0 Å². The van der Waals surface area contributed by atoms with Gasteiger partial charge in [0.2, 0.25) is 0 Å². The standard InChI is InChI=1S/C13H15NO5/c1-18-10-3-8(4-11(5-10)19-2)12(15)14-6-9(7-14)13(16)17/h3-5,9H,6-7H2,1-2H3,(H,16,17). The van der Waals surface area contributed by atoms with Gasteiger partial charge in [-0.3, -0.25) is 9.59 Å². The highest BCUT2D eigenvalue weighted by Crippen LogP contribution is 2.25. The molecule has 19 heavy (non-hydrogen) atoms. The fourth-order valence-electron chi connectivity index (χ4n) is 1.91. The summed E-state index contributed by atoms with van der Waals surface area (Å²) in [5.74, 6) is -0.491. The molecule has 0 aliphatic carbocycles. The van der Waals surface area contributed by atoms with Crippen LogP contribution in [0.4, 0.5) is 0 Å². The van der Waals surface area contributed by atoms with Crippen molar-refractivity contribution in [2.24, 2.45) is 5.92 Å². The predicted octanol–water partition coefficient (Wildman–Crippen LogP) is 0.860. The topological polar surface area (TPSA) is 76.1 Å². The minimum absolute atomic E-state index is 0.213. The van der Waals surface area contributed by atoms with Crippen molar-refractivity contribution in [2.75, 3.05) is 27.3 Å². The van der Waals surface area contributed by atoms with Crippen LogP contribution in [-0.4, -0.2) is 49.2 Å². The summed E-state index contributed by atoms with van der Waals surface area (Å²) in [5.41, 5.74) is 0.431. The van der Waals surface area contributed by atoms with Gasteiger partial charge >= 0.3 is 5.97 Å². The van der Waals surface area contributed by atoms with Gasteiger partial charge in [-0.2, -0.15) is 0 Å². The van der Waals surface area contributed by atoms with Gasteiger partial charge in [0.1, 0.15) is 11.5 Å². The molecule has 1 heterocycles. The van der Waals surface area contributed by atoms with Crippen molar-refractivity contribution in [3.8, 4) is 11.5 Å². The molecule has 1 amide bonds. The molecule has 0 radical (unpaired) electrons. The Morgan fingerprint density at radius 1 is 1.16 bits per heavy atom. The molecule has 0 atom stereocenters. The number of rotatable bonds is 4. The first kappa shape index (κ1) is 13.2. The number of nitrogens with zero attached hydrogens (tertiary/aromatic N) is 1. The minimum Gasteiger partial charge on any atom is -0.497 e. The molecule has 2 rings (SSSR count). The second kappa shape index (κ2) is 5.17. The van der Waals surface area contributed by atoms with Crippen LogP contribution in [0.3, 0.4) is 0 Å². The van der Waals surface area contributed by atoms with Gasteiger partial charge in [-0.1, -0.05) is 0 Å². The van der Waals surface area contributed by atoms with E-state index in [1.807, 2.05) is 0 Å². The molecule has 102 valence electrons. The highest BCUT2D eigenvalue weighted by atomic mass is 16.5. The molecule has 1 aromatic rings. The van der Waals surface area contributed by atoms with Gasteiger partial charge in [0.05, 0.1) is 20.1 Å². The zero-order valence-corrected chi connectivity index (χ0v) is 10.8. The Bertz CT molecular complexity index is 486. The van der Waals surface area contributed by atoms with Crippen molar-refractivity contribution in [3.63, 3.8) is 0 Å². The van der Waals surface area contributed by atoms with Gasteiger partial charge in [0.15, 0.2) is 0 Å². The summed E-state index contributed by atoms with van der Waals surface area (Å²) < 4.78 is 10.2. The fraction of sp³-hybridized carbons (Fsp3) is 0.385. The van der Waals surface area contributed by atoms with Crippen LogP contribution in [0.2, 0.25) is 0 Å². The summed E-state index contributed by atoms with van der Waals surface area (Å²) in [5, 5.41) is 8.79. The second-order valence-electron chi connectivity index (χ2n) is 4.35. The van der Waals surface area contributed by atoms with Crippen LogP contribution in [-0.2, 0) is 4.79 Å². The van der Waals surface area contributed by atoms with E-state index in [0.29, 0.717) is 17.1 Å². The molecule has 1 N–H and O–H groups in total. The molecular weight excluding hydrogens is 250 g/mol. The number of hydrogen-bond acceptors (Lipinski definition) is 4. The van der Waals surface area contributed by atoms with Crippen molar-refractivity contribution in [3.05, 3.63) is 23.8 Å². The number of carboxylic acids is 1. The zero-order valence-electron chi connectivity index (χ0n) is 10.8. The van der Waals surface area contributed by atoms with E-state index in [2.05, 4.69) is 0 Å². The van der Waals surface area contributed by atoms with Crippen LogP contribution < -0.4 is 9.47 Å². The lowest BCUT2D eigenvalue weighted by molar-refractivity contribution is -0.146. The maximum absolute atomic E-state index is 12.2. The van der Waals surface area contributed by atoms with Crippen LogP contribution >= 0.6 is 0 Å². The smallest absolute Gasteiger partial charge is 0.310 e. The van der Waals surface area contributed by atoms with Crippen molar-refractivity contribution >= 4 is 11.9 Å². The van der Waals surface area contributed by atoms with Crippen LogP contribution in [0.15, 0.2) is 18.2 Å². The van der Waals surface area contributed by atoms with E-state index in [4.69, 9.17) is 14.6 Å². The average Bonchev–Trinajstić information content (AvgIpc) is 2.35. The highest BCUT2D eigenvalue weighted by Gasteiger charge is 2.36. The highest BCUT2D eigenvalue weighted by molar-refractivity contribution is 5.96. The van der Waals surface area contributed by atoms with E-state index < -0.39 is 11.9 Å². The molecule has 0 aromatic heterocycles. The molecule has 1 aromatic carbocycles. The van der Waals surface area contributed by atoms with E-state index in [0.717, 1.165) is 0 Å². The molecule has 1 aliphatic heterocycles. The summed E-state index contributed by atoms with van der Waals surface area (Å²) in [6, 6.07) is 4.89. The molecule has 0 bridgehead atoms. The lowest BCUT2D eigenvalue weighted by Crippen LogP contribution is -2.53. The molecule has 0 unspecified atom stereocenters. The Morgan fingerprint density at radius 2 is 1.68 bits per heavy atom. The predicted molar refractivity (Wildman–Crippen MR) is 66.6 cm³/mol. The van der Waals surface area contributed by atoms with Crippen molar-refractivity contribution in [1.82, 2.24) is 4.90 Å². The molecule has 1 saturated heterocycles. The van der Waals surface area contributed by atoms with E-state index in [9.17, 15) is 9.59 Å². The van der Waals surface area contributed by atoms with Crippen molar-refractivity contribution < 1.29 is 24.2 Å². The largest absolute Gasteiger partial charge is 0.497 e. The maximum atomic E-state index is 12.2. The summed E-state index contributed by atoms with van der Waals surface area (Å²) in [6.45, 7) is 0.487. The first-order valence-corrected chi connectivity index (χ1v) is 5.80. The van der Waals surface area contributed by atoms with Crippen LogP contribution in [0.1, 0.15) is 10.4 Å². The summed E-state index contributed by atoms with van der Waals surface area (Å²) in [4.78, 5) is 24.4. The van der Waals surface area contributed by atoms with E-state index in [-0.39, 0.29) is 19.0 Å². The number of benzene rings is 1. The van der Waals surface area contributed by atoms with Gasteiger partial charge in [0, 0.05) is 24.7 Å². The summed E-state index contributed by atoms with van der Waals surface area (Å²) in [7, 11) is 3.01. The number of methoxy groups -OCH3 is 2. The van der Waals surface area contributed by atoms with Crippen LogP contribution in [0.25, 0.3) is 0 Å². The second-order valence-corrected chi connectivity index (χ2v) is 4.35. The number of aliphatic carboxylic acids is 1. The number of carbonyl (C=O) groups excluding carboxylic acids is 1. The Balaban J connectivity index is 2.13. The molecule has 1 aliphatic rings. The number of ether oxygens (including phenoxy) is 2. The molecular formula is C13H15NO5. The lowest BCUT2D eigenvalue weighted by atomic mass is 9.99. The molecule has 0 spiro atoms. The Labute approximate surface area is 110 Å². The van der Waals surface area contributed by atoms with Crippen molar-refractivity contribution in [2.45, 2.75) is 0 Å². The molecule has 6 heteroatoms. The van der Waals surface area contributed by atoms with E-state index in [1.165, 1.54) is 19.1 Å². The number of carbonyl (C=O) groups is 2. The quantitative estimate of drug-likeness (QED) is 0.873. The monoisotopic (exact) mass is 265 g/mol. The first-order valence-electron chi connectivity index (χ1n) is 5.80. The number of likely N-dealkylation sites (tertiary alicyclic amines) is 1. The fourth-order valence-corrected chi connectivity index (χ4v) is 1.91. The Hall–Kier alpha value is -2.24. The van der Waals surface area contributed by atoms with E-state index >= 15 is 0 Å². The zero-order chi connectivity index (χ0) is 14.0. The Morgan fingerprint density at radius 3 is 2.11 bits per heavy atom. The Kier molecular flexibility index (Phi) is 3.59. The summed E-state index contributed by atoms with van der Waals surface area (Å²) in [6.07, 6.45) is 0. The third kappa shape index (κ3) is 2.62. The summed E-state index contributed by atoms with van der Waals surface area (Å²) >= 11 is 0. The molecule has 6 nitrogen and oxygen atoms in total. The van der Waals surface area contributed by atoms with Gasteiger partial charge < -0.3 is 19.5 Å². The first-order chi connectivity index (χ1) is 9.05. The third-order valence-electron chi connectivity index (χ3n) is 3.12. The van der Waals surface area contributed by atoms with Crippen LogP contribution in [0.5, 0.6) is 11.5 Å². The lowest BCUT2D eigenvalue weighted by Gasteiger charge is -2.36. The van der Waals surface area contributed by atoms with Crippen LogP contribution in [0, 0.1) is 5.92 Å². The maximum Gasteiger partial charge on any atom is 0.310 e. The SMILES string of the molecule is COc1cc(OC)cc(C(=O)N2CC(C(=O)O)C2)c1. The third-order valence-corrected chi connectivity index (χ3v) is 3.12. The van der Waals surface area contributed by atoms with Gasteiger partial charge in [-0.15, -0.1) is 0 Å². The van der Waals surface area contributed by atoms with Gasteiger partial charge in [0.25, 0.3) is 5.91 Å². The normalized spacial score (nSPS) is 14.7. The molecule has 0 saturated carbocycles. The van der Waals surface area contributed by atoms with Gasteiger partial charge in [-0.05, 0) is 12.1 Å². The minimum atomic E-state index is -0.868. The number of carboxylic acid groups (broad SMARTS) is 1. The van der Waals surface area contributed by atoms with E-state index in [1.54, 1.807) is 18.2 Å².